The van der Waals surface area contributed by atoms with Crippen LogP contribution in [0.25, 0.3) is 0 Å². The number of halogens is 2. The monoisotopic (exact) mass is 264 g/mol. The lowest BCUT2D eigenvalue weighted by Gasteiger charge is -2.15. The van der Waals surface area contributed by atoms with Crippen LogP contribution in [-0.4, -0.2) is 21.6 Å². The molecule has 0 amide bonds. The van der Waals surface area contributed by atoms with E-state index in [2.05, 4.69) is 15.9 Å². The van der Waals surface area contributed by atoms with Gasteiger partial charge in [0, 0.05) is 10.4 Å². The molecule has 0 saturated heterocycles. The van der Waals surface area contributed by atoms with Crippen LogP contribution in [0.4, 0.5) is 0 Å². The van der Waals surface area contributed by atoms with Gasteiger partial charge in [0.1, 0.15) is 6.10 Å². The van der Waals surface area contributed by atoms with E-state index in [9.17, 15) is 10.2 Å². The van der Waals surface area contributed by atoms with Crippen LogP contribution < -0.4 is 0 Å². The number of aliphatic hydroxyl groups excluding tert-OH is 2. The molecule has 0 heterocycles. The summed E-state index contributed by atoms with van der Waals surface area (Å²) in [6.45, 7) is 0. The summed E-state index contributed by atoms with van der Waals surface area (Å²) in [5.41, 5.74) is 0.663. The fraction of sp³-hybridized carbons (Fsp3) is 0.333. The number of aliphatic hydroxyl groups is 2. The lowest BCUT2D eigenvalue weighted by atomic mass is 10.1. The van der Waals surface area contributed by atoms with E-state index < -0.39 is 12.2 Å². The van der Waals surface area contributed by atoms with Crippen molar-refractivity contribution in [2.75, 3.05) is 5.33 Å². The summed E-state index contributed by atoms with van der Waals surface area (Å²) >= 11 is 8.77. The van der Waals surface area contributed by atoms with Crippen molar-refractivity contribution in [1.82, 2.24) is 0 Å². The summed E-state index contributed by atoms with van der Waals surface area (Å²) in [5.74, 6) is 0. The molecule has 0 saturated carbocycles. The standard InChI is InChI=1S/C9H10BrClO2/c10-5-8(12)9(13)6-1-3-7(11)4-2-6/h1-4,8-9,12-13H,5H2. The minimum absolute atomic E-state index is 0.344. The van der Waals surface area contributed by atoms with Crippen LogP contribution >= 0.6 is 27.5 Å². The zero-order chi connectivity index (χ0) is 9.84. The molecule has 0 aliphatic rings. The first-order valence-corrected chi connectivity index (χ1v) is 5.32. The molecule has 0 aromatic heterocycles. The zero-order valence-corrected chi connectivity index (χ0v) is 9.16. The molecule has 2 atom stereocenters. The minimum atomic E-state index is -0.864. The number of rotatable bonds is 3. The van der Waals surface area contributed by atoms with Gasteiger partial charge in [-0.3, -0.25) is 0 Å². The summed E-state index contributed by atoms with van der Waals surface area (Å²) in [6, 6.07) is 6.75. The largest absolute Gasteiger partial charge is 0.389 e. The van der Waals surface area contributed by atoms with E-state index in [0.717, 1.165) is 0 Å². The smallest absolute Gasteiger partial charge is 0.106 e. The molecule has 1 aromatic rings. The summed E-state index contributed by atoms with van der Waals surface area (Å²) < 4.78 is 0. The van der Waals surface area contributed by atoms with Crippen molar-refractivity contribution in [2.24, 2.45) is 0 Å². The van der Waals surface area contributed by atoms with Crippen LogP contribution in [0, 0.1) is 0 Å². The lowest BCUT2D eigenvalue weighted by Crippen LogP contribution is -2.19. The summed E-state index contributed by atoms with van der Waals surface area (Å²) in [6.07, 6.45) is -1.65. The topological polar surface area (TPSA) is 40.5 Å². The molecule has 2 nitrogen and oxygen atoms in total. The van der Waals surface area contributed by atoms with E-state index in [1.807, 2.05) is 0 Å². The maximum Gasteiger partial charge on any atom is 0.106 e. The second-order valence-corrected chi connectivity index (χ2v) is 3.80. The van der Waals surface area contributed by atoms with Gasteiger partial charge in [-0.25, -0.2) is 0 Å². The summed E-state index contributed by atoms with van der Waals surface area (Å²) in [4.78, 5) is 0. The third-order valence-electron chi connectivity index (χ3n) is 1.73. The molecule has 0 radical (unpaired) electrons. The third kappa shape index (κ3) is 2.95. The average Bonchev–Trinajstić information content (AvgIpc) is 2.17. The van der Waals surface area contributed by atoms with Crippen molar-refractivity contribution in [3.05, 3.63) is 34.9 Å². The second kappa shape index (κ2) is 4.96. The Morgan fingerprint density at radius 3 is 2.23 bits per heavy atom. The normalized spacial score (nSPS) is 15.4. The number of hydrogen-bond donors (Lipinski definition) is 2. The predicted molar refractivity (Wildman–Crippen MR) is 56.2 cm³/mol. The fourth-order valence-electron chi connectivity index (χ4n) is 0.966. The Morgan fingerprint density at radius 1 is 1.23 bits per heavy atom. The van der Waals surface area contributed by atoms with E-state index in [-0.39, 0.29) is 0 Å². The highest BCUT2D eigenvalue weighted by Gasteiger charge is 2.16. The molecule has 4 heteroatoms. The molecule has 72 valence electrons. The first-order chi connectivity index (χ1) is 6.15. The number of alkyl halides is 1. The highest BCUT2D eigenvalue weighted by atomic mass is 79.9. The molecule has 1 rings (SSSR count). The molecule has 13 heavy (non-hydrogen) atoms. The van der Waals surface area contributed by atoms with Crippen LogP contribution in [-0.2, 0) is 0 Å². The highest BCUT2D eigenvalue weighted by molar-refractivity contribution is 9.09. The zero-order valence-electron chi connectivity index (χ0n) is 6.82. The molecular weight excluding hydrogens is 255 g/mol. The Labute approximate surface area is 90.3 Å². The quantitative estimate of drug-likeness (QED) is 0.822. The lowest BCUT2D eigenvalue weighted by molar-refractivity contribution is 0.0343. The van der Waals surface area contributed by atoms with Gasteiger partial charge >= 0.3 is 0 Å². The van der Waals surface area contributed by atoms with Gasteiger partial charge in [-0.15, -0.1) is 0 Å². The maximum absolute atomic E-state index is 9.56. The Bertz CT molecular complexity index is 263. The fourth-order valence-corrected chi connectivity index (χ4v) is 1.45. The molecule has 2 N–H and O–H groups in total. The highest BCUT2D eigenvalue weighted by Crippen LogP contribution is 2.20. The van der Waals surface area contributed by atoms with Gasteiger partial charge in [0.25, 0.3) is 0 Å². The van der Waals surface area contributed by atoms with Crippen LogP contribution in [0.3, 0.4) is 0 Å². The predicted octanol–water partition coefficient (Wildman–Crippen LogP) is 2.13. The van der Waals surface area contributed by atoms with E-state index in [0.29, 0.717) is 15.9 Å². The van der Waals surface area contributed by atoms with E-state index in [4.69, 9.17) is 11.6 Å². The average molecular weight is 266 g/mol. The number of hydrogen-bond acceptors (Lipinski definition) is 2. The van der Waals surface area contributed by atoms with Gasteiger partial charge in [-0.05, 0) is 17.7 Å². The van der Waals surface area contributed by atoms with Gasteiger partial charge in [-0.2, -0.15) is 0 Å². The van der Waals surface area contributed by atoms with Gasteiger partial charge in [-0.1, -0.05) is 39.7 Å². The van der Waals surface area contributed by atoms with Gasteiger partial charge in [0.15, 0.2) is 0 Å². The number of benzene rings is 1. The van der Waals surface area contributed by atoms with Crippen LogP contribution in [0.2, 0.25) is 5.02 Å². The SMILES string of the molecule is OC(CBr)C(O)c1ccc(Cl)cc1. The van der Waals surface area contributed by atoms with Crippen LogP contribution in [0.5, 0.6) is 0 Å². The third-order valence-corrected chi connectivity index (χ3v) is 2.65. The molecule has 0 bridgehead atoms. The first-order valence-electron chi connectivity index (χ1n) is 3.82. The van der Waals surface area contributed by atoms with Crippen molar-refractivity contribution in [1.29, 1.82) is 0 Å². The molecule has 0 aliphatic heterocycles. The Hall–Kier alpha value is -0.0900. The Morgan fingerprint density at radius 2 is 1.77 bits per heavy atom. The first kappa shape index (κ1) is 11.0. The van der Waals surface area contributed by atoms with E-state index in [1.54, 1.807) is 24.3 Å². The molecule has 1 aromatic carbocycles. The summed E-state index contributed by atoms with van der Waals surface area (Å²) in [5, 5.41) is 19.8. The van der Waals surface area contributed by atoms with Crippen LogP contribution in [0.1, 0.15) is 11.7 Å². The molecule has 0 fully saturated rings. The molecule has 2 unspecified atom stereocenters. The van der Waals surface area contributed by atoms with Crippen molar-refractivity contribution in [3.8, 4) is 0 Å². The van der Waals surface area contributed by atoms with Gasteiger partial charge < -0.3 is 10.2 Å². The van der Waals surface area contributed by atoms with E-state index >= 15 is 0 Å². The molecule has 0 aliphatic carbocycles. The summed E-state index contributed by atoms with van der Waals surface area (Å²) in [7, 11) is 0. The van der Waals surface area contributed by atoms with Crippen molar-refractivity contribution in [2.45, 2.75) is 12.2 Å². The second-order valence-electron chi connectivity index (χ2n) is 2.72. The van der Waals surface area contributed by atoms with Crippen molar-refractivity contribution < 1.29 is 10.2 Å². The van der Waals surface area contributed by atoms with Crippen molar-refractivity contribution >= 4 is 27.5 Å². The Balaban J connectivity index is 2.77. The van der Waals surface area contributed by atoms with Crippen LogP contribution in [0.15, 0.2) is 24.3 Å². The molecule has 0 spiro atoms. The molecular formula is C9H10BrClO2. The van der Waals surface area contributed by atoms with Gasteiger partial charge in [0.2, 0.25) is 0 Å². The van der Waals surface area contributed by atoms with Gasteiger partial charge in [0.05, 0.1) is 6.10 Å². The maximum atomic E-state index is 9.56. The Kier molecular flexibility index (Phi) is 4.19. The van der Waals surface area contributed by atoms with E-state index in [1.165, 1.54) is 0 Å². The minimum Gasteiger partial charge on any atom is -0.389 e. The van der Waals surface area contributed by atoms with Crippen molar-refractivity contribution in [3.63, 3.8) is 0 Å².